The maximum absolute atomic E-state index is 12.7. The van der Waals surface area contributed by atoms with Crippen LogP contribution in [0.1, 0.15) is 52.2 Å². The third-order valence-electron chi connectivity index (χ3n) is 5.68. The molecule has 1 aliphatic rings. The van der Waals surface area contributed by atoms with Gasteiger partial charge in [-0.25, -0.2) is 0 Å². The molecule has 1 saturated carbocycles. The van der Waals surface area contributed by atoms with E-state index >= 15 is 0 Å². The van der Waals surface area contributed by atoms with E-state index in [1.807, 2.05) is 6.07 Å². The van der Waals surface area contributed by atoms with Crippen LogP contribution in [0.25, 0.3) is 0 Å². The van der Waals surface area contributed by atoms with Crippen molar-refractivity contribution < 1.29 is 14.0 Å². The van der Waals surface area contributed by atoms with Crippen molar-refractivity contribution in [1.29, 1.82) is 0 Å². The molecule has 1 heterocycles. The average molecular weight is 388 g/mol. The molecule has 29 heavy (non-hydrogen) atoms. The number of anilines is 1. The standard InChI is InChI=1S/C24H24N2O3/c27-22(25-17-24(14-4-5-15-24)19-7-2-1-3-8-19)18-10-12-20(13-11-18)26-23(28)21-9-6-16-29-21/h1-3,6-13,16H,4-5,14-15,17H2,(H,25,27)(H,26,28). The first kappa shape index (κ1) is 19.0. The topological polar surface area (TPSA) is 71.3 Å². The highest BCUT2D eigenvalue weighted by Gasteiger charge is 2.35. The zero-order valence-electron chi connectivity index (χ0n) is 16.2. The second-order valence-electron chi connectivity index (χ2n) is 7.54. The van der Waals surface area contributed by atoms with Gasteiger partial charge >= 0.3 is 0 Å². The molecule has 0 radical (unpaired) electrons. The second-order valence-corrected chi connectivity index (χ2v) is 7.54. The van der Waals surface area contributed by atoms with Crippen LogP contribution in [0.4, 0.5) is 5.69 Å². The average Bonchev–Trinajstić information content (AvgIpc) is 3.46. The first-order valence-electron chi connectivity index (χ1n) is 9.95. The predicted octanol–water partition coefficient (Wildman–Crippen LogP) is 4.77. The van der Waals surface area contributed by atoms with Gasteiger partial charge < -0.3 is 15.1 Å². The lowest BCUT2D eigenvalue weighted by molar-refractivity contribution is 0.0942. The first-order valence-corrected chi connectivity index (χ1v) is 9.95. The number of benzene rings is 2. The normalized spacial score (nSPS) is 15.0. The Bertz CT molecular complexity index is 957. The summed E-state index contributed by atoms with van der Waals surface area (Å²) < 4.78 is 5.08. The smallest absolute Gasteiger partial charge is 0.291 e. The molecule has 1 fully saturated rings. The molecule has 3 aromatic rings. The van der Waals surface area contributed by atoms with Gasteiger partial charge in [0.2, 0.25) is 0 Å². The van der Waals surface area contributed by atoms with E-state index in [9.17, 15) is 9.59 Å². The van der Waals surface area contributed by atoms with E-state index < -0.39 is 0 Å². The van der Waals surface area contributed by atoms with Gasteiger partial charge in [0.05, 0.1) is 6.26 Å². The van der Waals surface area contributed by atoms with Gasteiger partial charge in [-0.1, -0.05) is 43.2 Å². The van der Waals surface area contributed by atoms with Crippen LogP contribution < -0.4 is 10.6 Å². The number of rotatable bonds is 6. The van der Waals surface area contributed by atoms with Crippen LogP contribution in [0.15, 0.2) is 77.4 Å². The molecule has 0 unspecified atom stereocenters. The van der Waals surface area contributed by atoms with Gasteiger partial charge in [-0.3, -0.25) is 9.59 Å². The summed E-state index contributed by atoms with van der Waals surface area (Å²) in [5.74, 6) is -0.177. The lowest BCUT2D eigenvalue weighted by atomic mass is 9.79. The summed E-state index contributed by atoms with van der Waals surface area (Å²) >= 11 is 0. The van der Waals surface area contributed by atoms with Gasteiger partial charge in [0, 0.05) is 23.2 Å². The first-order chi connectivity index (χ1) is 14.2. The number of hydrogen-bond donors (Lipinski definition) is 2. The van der Waals surface area contributed by atoms with Gasteiger partial charge in [-0.2, -0.15) is 0 Å². The summed E-state index contributed by atoms with van der Waals surface area (Å²) in [6.45, 7) is 0.632. The summed E-state index contributed by atoms with van der Waals surface area (Å²) in [6.07, 6.45) is 6.02. The molecule has 0 saturated heterocycles. The summed E-state index contributed by atoms with van der Waals surface area (Å²) in [4.78, 5) is 24.7. The summed E-state index contributed by atoms with van der Waals surface area (Å²) in [7, 11) is 0. The van der Waals surface area contributed by atoms with Crippen LogP contribution in [-0.2, 0) is 5.41 Å². The minimum Gasteiger partial charge on any atom is -0.459 e. The third kappa shape index (κ3) is 4.24. The molecule has 148 valence electrons. The lowest BCUT2D eigenvalue weighted by Gasteiger charge is -2.30. The van der Waals surface area contributed by atoms with E-state index in [1.54, 1.807) is 36.4 Å². The van der Waals surface area contributed by atoms with Crippen LogP contribution in [-0.4, -0.2) is 18.4 Å². The Morgan fingerprint density at radius 3 is 2.24 bits per heavy atom. The molecular formula is C24H24N2O3. The molecular weight excluding hydrogens is 364 g/mol. The number of carbonyl (C=O) groups is 2. The van der Waals surface area contributed by atoms with Crippen molar-refractivity contribution in [3.05, 3.63) is 89.9 Å². The van der Waals surface area contributed by atoms with Gasteiger partial charge in [0.25, 0.3) is 11.8 Å². The van der Waals surface area contributed by atoms with Crippen LogP contribution in [0.2, 0.25) is 0 Å². The van der Waals surface area contributed by atoms with Crippen LogP contribution in [0.3, 0.4) is 0 Å². The van der Waals surface area contributed by atoms with Crippen molar-refractivity contribution in [2.45, 2.75) is 31.1 Å². The van der Waals surface area contributed by atoms with Crippen molar-refractivity contribution in [3.8, 4) is 0 Å². The van der Waals surface area contributed by atoms with Crippen molar-refractivity contribution in [2.24, 2.45) is 0 Å². The molecule has 4 rings (SSSR count). The van der Waals surface area contributed by atoms with Crippen molar-refractivity contribution in [2.75, 3.05) is 11.9 Å². The summed E-state index contributed by atoms with van der Waals surface area (Å²) in [6, 6.07) is 20.6. The van der Waals surface area contributed by atoms with Gasteiger partial charge in [0.1, 0.15) is 0 Å². The molecule has 5 heteroatoms. The van der Waals surface area contributed by atoms with E-state index in [0.717, 1.165) is 12.8 Å². The molecule has 0 aliphatic heterocycles. The van der Waals surface area contributed by atoms with E-state index in [0.29, 0.717) is 17.8 Å². The zero-order chi connectivity index (χ0) is 20.1. The Hall–Kier alpha value is -3.34. The van der Waals surface area contributed by atoms with E-state index in [1.165, 1.54) is 24.7 Å². The minimum absolute atomic E-state index is 0.0217. The molecule has 0 bridgehead atoms. The Labute approximate surface area is 170 Å². The highest BCUT2D eigenvalue weighted by atomic mass is 16.3. The van der Waals surface area contributed by atoms with E-state index in [4.69, 9.17) is 4.42 Å². The maximum atomic E-state index is 12.7. The minimum atomic E-state index is -0.321. The highest BCUT2D eigenvalue weighted by Crippen LogP contribution is 2.40. The molecule has 0 spiro atoms. The Kier molecular flexibility index (Phi) is 5.47. The quantitative estimate of drug-likeness (QED) is 0.639. The fourth-order valence-corrected chi connectivity index (χ4v) is 4.07. The Balaban J connectivity index is 1.39. The Morgan fingerprint density at radius 2 is 1.59 bits per heavy atom. The highest BCUT2D eigenvalue weighted by molar-refractivity contribution is 6.02. The molecule has 2 aromatic carbocycles. The second kappa shape index (κ2) is 8.35. The fraction of sp³-hybridized carbons (Fsp3) is 0.250. The monoisotopic (exact) mass is 388 g/mol. The number of nitrogens with one attached hydrogen (secondary N) is 2. The van der Waals surface area contributed by atoms with Crippen molar-refractivity contribution in [1.82, 2.24) is 5.32 Å². The molecule has 2 N–H and O–H groups in total. The van der Waals surface area contributed by atoms with E-state index in [-0.39, 0.29) is 23.0 Å². The van der Waals surface area contributed by atoms with Gasteiger partial charge in [-0.15, -0.1) is 0 Å². The summed E-state index contributed by atoms with van der Waals surface area (Å²) in [5, 5.41) is 5.87. The maximum Gasteiger partial charge on any atom is 0.291 e. The molecule has 1 aromatic heterocycles. The number of amides is 2. The van der Waals surface area contributed by atoms with Crippen molar-refractivity contribution in [3.63, 3.8) is 0 Å². The summed E-state index contributed by atoms with van der Waals surface area (Å²) in [5.41, 5.74) is 2.50. The SMILES string of the molecule is O=C(NCC1(c2ccccc2)CCCC1)c1ccc(NC(=O)c2ccco2)cc1. The largest absolute Gasteiger partial charge is 0.459 e. The number of hydrogen-bond acceptors (Lipinski definition) is 3. The zero-order valence-corrected chi connectivity index (χ0v) is 16.2. The third-order valence-corrected chi connectivity index (χ3v) is 5.68. The lowest BCUT2D eigenvalue weighted by Crippen LogP contribution is -2.39. The van der Waals surface area contributed by atoms with Gasteiger partial charge in [0.15, 0.2) is 5.76 Å². The predicted molar refractivity (Wildman–Crippen MR) is 112 cm³/mol. The molecule has 5 nitrogen and oxygen atoms in total. The van der Waals surface area contributed by atoms with Crippen LogP contribution in [0, 0.1) is 0 Å². The van der Waals surface area contributed by atoms with Gasteiger partial charge in [-0.05, 0) is 54.8 Å². The number of furan rings is 1. The van der Waals surface area contributed by atoms with E-state index in [2.05, 4.69) is 34.9 Å². The Morgan fingerprint density at radius 1 is 0.862 bits per heavy atom. The number of carbonyl (C=O) groups excluding carboxylic acids is 2. The van der Waals surface area contributed by atoms with Crippen LogP contribution in [0.5, 0.6) is 0 Å². The molecule has 0 atom stereocenters. The van der Waals surface area contributed by atoms with Crippen LogP contribution >= 0.6 is 0 Å². The molecule has 2 amide bonds. The fourth-order valence-electron chi connectivity index (χ4n) is 4.07. The molecule has 1 aliphatic carbocycles. The van der Waals surface area contributed by atoms with Crippen molar-refractivity contribution >= 4 is 17.5 Å².